The van der Waals surface area contributed by atoms with Gasteiger partial charge in [-0.05, 0) is 48.4 Å². The van der Waals surface area contributed by atoms with Crippen LogP contribution >= 0.6 is 15.9 Å². The number of esters is 1. The lowest BCUT2D eigenvalue weighted by atomic mass is 10.2. The van der Waals surface area contributed by atoms with E-state index in [1.807, 2.05) is 24.3 Å². The Morgan fingerprint density at radius 1 is 1.16 bits per heavy atom. The van der Waals surface area contributed by atoms with Crippen LogP contribution in [-0.4, -0.2) is 18.0 Å². The van der Waals surface area contributed by atoms with Crippen LogP contribution in [0.5, 0.6) is 0 Å². The van der Waals surface area contributed by atoms with Gasteiger partial charge in [-0.25, -0.2) is 9.18 Å². The highest BCUT2D eigenvalue weighted by molar-refractivity contribution is 9.10. The lowest BCUT2D eigenvalue weighted by Crippen LogP contribution is -2.35. The Labute approximate surface area is 153 Å². The van der Waals surface area contributed by atoms with Crippen LogP contribution in [0.25, 0.3) is 6.08 Å². The van der Waals surface area contributed by atoms with Crippen molar-refractivity contribution < 1.29 is 18.7 Å². The number of halogens is 2. The second-order valence-electron chi connectivity index (χ2n) is 5.31. The summed E-state index contributed by atoms with van der Waals surface area (Å²) in [5, 5.41) is 2.64. The van der Waals surface area contributed by atoms with Crippen molar-refractivity contribution in [2.24, 2.45) is 0 Å². The van der Waals surface area contributed by atoms with Crippen LogP contribution in [-0.2, 0) is 20.9 Å². The van der Waals surface area contributed by atoms with Crippen molar-refractivity contribution in [1.29, 1.82) is 0 Å². The summed E-state index contributed by atoms with van der Waals surface area (Å²) in [5.41, 5.74) is 1.59. The first-order valence-electron chi connectivity index (χ1n) is 7.60. The number of ether oxygens (including phenoxy) is 1. The third-order valence-electron chi connectivity index (χ3n) is 3.32. The van der Waals surface area contributed by atoms with Gasteiger partial charge in [0.1, 0.15) is 5.82 Å². The Balaban J connectivity index is 1.80. The minimum absolute atomic E-state index is 0.232. The molecule has 2 aromatic carbocycles. The second-order valence-corrected chi connectivity index (χ2v) is 6.22. The molecular formula is C19H17BrFNO3. The van der Waals surface area contributed by atoms with Crippen molar-refractivity contribution in [3.8, 4) is 0 Å². The van der Waals surface area contributed by atoms with Crippen molar-refractivity contribution in [1.82, 2.24) is 5.32 Å². The predicted molar refractivity (Wildman–Crippen MR) is 97.0 cm³/mol. The molecule has 1 atom stereocenters. The number of carbonyl (C=O) groups excluding carboxylic acids is 2. The Hall–Kier alpha value is -2.47. The smallest absolute Gasteiger partial charge is 0.331 e. The maximum atomic E-state index is 12.8. The minimum atomic E-state index is -0.928. The van der Waals surface area contributed by atoms with Gasteiger partial charge in [0.2, 0.25) is 0 Å². The first-order valence-corrected chi connectivity index (χ1v) is 8.40. The van der Waals surface area contributed by atoms with Crippen LogP contribution in [0.15, 0.2) is 59.1 Å². The van der Waals surface area contributed by atoms with Crippen molar-refractivity contribution in [3.05, 3.63) is 76.0 Å². The first-order chi connectivity index (χ1) is 11.9. The van der Waals surface area contributed by atoms with Crippen LogP contribution in [0.4, 0.5) is 4.39 Å². The molecule has 0 aliphatic rings. The van der Waals surface area contributed by atoms with Crippen LogP contribution < -0.4 is 5.32 Å². The standard InChI is InChI=1S/C19H17BrFNO3/c1-13(19(24)22-12-15-4-9-17(21)10-5-15)25-18(23)11-6-14-2-7-16(20)8-3-14/h2-11,13H,12H2,1H3,(H,22,24)/b11-6+/t13-/m1/s1. The average Bonchev–Trinajstić information content (AvgIpc) is 2.60. The van der Waals surface area contributed by atoms with Crippen molar-refractivity contribution in [2.75, 3.05) is 0 Å². The molecule has 1 N–H and O–H groups in total. The summed E-state index contributed by atoms with van der Waals surface area (Å²) < 4.78 is 18.8. The molecule has 2 aromatic rings. The van der Waals surface area contributed by atoms with E-state index in [2.05, 4.69) is 21.2 Å². The van der Waals surface area contributed by atoms with Gasteiger partial charge in [-0.3, -0.25) is 4.79 Å². The topological polar surface area (TPSA) is 55.4 Å². The van der Waals surface area contributed by atoms with Crippen molar-refractivity contribution in [3.63, 3.8) is 0 Å². The van der Waals surface area contributed by atoms with E-state index in [-0.39, 0.29) is 12.4 Å². The zero-order valence-corrected chi connectivity index (χ0v) is 15.1. The van der Waals surface area contributed by atoms with Crippen LogP contribution in [0.3, 0.4) is 0 Å². The Morgan fingerprint density at radius 2 is 1.80 bits per heavy atom. The molecule has 4 nitrogen and oxygen atoms in total. The number of carbonyl (C=O) groups is 2. The zero-order valence-electron chi connectivity index (χ0n) is 13.5. The number of amides is 1. The molecular weight excluding hydrogens is 389 g/mol. The Bertz CT molecular complexity index is 757. The maximum absolute atomic E-state index is 12.8. The molecule has 130 valence electrons. The van der Waals surface area contributed by atoms with Gasteiger partial charge < -0.3 is 10.1 Å². The summed E-state index contributed by atoms with van der Waals surface area (Å²) in [7, 11) is 0. The normalized spacial score (nSPS) is 12.0. The van der Waals surface area contributed by atoms with Gasteiger partial charge in [0.25, 0.3) is 5.91 Å². The van der Waals surface area contributed by atoms with E-state index < -0.39 is 18.0 Å². The number of hydrogen-bond donors (Lipinski definition) is 1. The quantitative estimate of drug-likeness (QED) is 0.586. The number of nitrogens with one attached hydrogen (secondary N) is 1. The summed E-state index contributed by atoms with van der Waals surface area (Å²) >= 11 is 3.33. The van der Waals surface area contributed by atoms with E-state index in [1.54, 1.807) is 18.2 Å². The Morgan fingerprint density at radius 3 is 2.44 bits per heavy atom. The highest BCUT2D eigenvalue weighted by atomic mass is 79.9. The van der Waals surface area contributed by atoms with Crippen molar-refractivity contribution in [2.45, 2.75) is 19.6 Å². The fourth-order valence-electron chi connectivity index (χ4n) is 1.94. The fraction of sp³-hybridized carbons (Fsp3) is 0.158. The summed E-state index contributed by atoms with van der Waals surface area (Å²) in [4.78, 5) is 23.7. The zero-order chi connectivity index (χ0) is 18.2. The molecule has 25 heavy (non-hydrogen) atoms. The highest BCUT2D eigenvalue weighted by Crippen LogP contribution is 2.11. The van der Waals surface area contributed by atoms with Gasteiger partial charge in [-0.15, -0.1) is 0 Å². The molecule has 0 aromatic heterocycles. The van der Waals surface area contributed by atoms with Gasteiger partial charge in [0.15, 0.2) is 6.10 Å². The van der Waals surface area contributed by atoms with E-state index in [9.17, 15) is 14.0 Å². The van der Waals surface area contributed by atoms with Crippen LogP contribution in [0.1, 0.15) is 18.1 Å². The third kappa shape index (κ3) is 6.51. The fourth-order valence-corrected chi connectivity index (χ4v) is 2.20. The summed E-state index contributed by atoms with van der Waals surface area (Å²) in [5.74, 6) is -1.36. The predicted octanol–water partition coefficient (Wildman–Crippen LogP) is 3.85. The molecule has 0 heterocycles. The van der Waals surface area contributed by atoms with Gasteiger partial charge in [-0.2, -0.15) is 0 Å². The lowest BCUT2D eigenvalue weighted by Gasteiger charge is -2.12. The average molecular weight is 406 g/mol. The third-order valence-corrected chi connectivity index (χ3v) is 3.85. The molecule has 2 rings (SSSR count). The monoisotopic (exact) mass is 405 g/mol. The van der Waals surface area contributed by atoms with Gasteiger partial charge in [0, 0.05) is 17.1 Å². The van der Waals surface area contributed by atoms with Crippen LogP contribution in [0.2, 0.25) is 0 Å². The first kappa shape index (κ1) is 18.9. The molecule has 0 fully saturated rings. The van der Waals surface area contributed by atoms with E-state index in [0.29, 0.717) is 0 Å². The molecule has 0 radical (unpaired) electrons. The molecule has 0 unspecified atom stereocenters. The molecule has 0 bridgehead atoms. The van der Waals surface area contributed by atoms with Gasteiger partial charge in [-0.1, -0.05) is 40.2 Å². The lowest BCUT2D eigenvalue weighted by molar-refractivity contribution is -0.150. The molecule has 6 heteroatoms. The number of hydrogen-bond acceptors (Lipinski definition) is 3. The Kier molecular flexibility index (Phi) is 6.89. The van der Waals surface area contributed by atoms with Gasteiger partial charge in [0.05, 0.1) is 0 Å². The van der Waals surface area contributed by atoms with E-state index in [1.165, 1.54) is 25.1 Å². The molecule has 0 saturated heterocycles. The van der Waals surface area contributed by atoms with Crippen LogP contribution in [0, 0.1) is 5.82 Å². The van der Waals surface area contributed by atoms with Crippen molar-refractivity contribution >= 4 is 33.9 Å². The molecule has 1 amide bonds. The summed E-state index contributed by atoms with van der Waals surface area (Å²) in [6.45, 7) is 1.72. The minimum Gasteiger partial charge on any atom is -0.449 e. The molecule has 0 saturated carbocycles. The van der Waals surface area contributed by atoms with E-state index in [0.717, 1.165) is 15.6 Å². The molecule has 0 aliphatic heterocycles. The summed E-state index contributed by atoms with van der Waals surface area (Å²) in [6, 6.07) is 13.2. The maximum Gasteiger partial charge on any atom is 0.331 e. The van der Waals surface area contributed by atoms with E-state index in [4.69, 9.17) is 4.74 Å². The molecule has 0 spiro atoms. The number of rotatable bonds is 6. The highest BCUT2D eigenvalue weighted by Gasteiger charge is 2.16. The number of benzene rings is 2. The largest absolute Gasteiger partial charge is 0.449 e. The van der Waals surface area contributed by atoms with E-state index >= 15 is 0 Å². The summed E-state index contributed by atoms with van der Waals surface area (Å²) in [6.07, 6.45) is 1.95. The van der Waals surface area contributed by atoms with Gasteiger partial charge >= 0.3 is 5.97 Å². The SMILES string of the molecule is C[C@@H](OC(=O)/C=C/c1ccc(Br)cc1)C(=O)NCc1ccc(F)cc1. The molecule has 0 aliphatic carbocycles. The second kappa shape index (κ2) is 9.13.